The van der Waals surface area contributed by atoms with Gasteiger partial charge in [-0.05, 0) is 42.9 Å². The van der Waals surface area contributed by atoms with E-state index >= 15 is 0 Å². The number of benzene rings is 2. The maximum absolute atomic E-state index is 13.2. The van der Waals surface area contributed by atoms with Crippen LogP contribution in [0.15, 0.2) is 53.6 Å². The third-order valence-electron chi connectivity index (χ3n) is 4.87. The van der Waals surface area contributed by atoms with E-state index in [4.69, 9.17) is 12.2 Å². The van der Waals surface area contributed by atoms with Gasteiger partial charge in [0.05, 0.1) is 6.21 Å². The first kappa shape index (κ1) is 18.3. The molecule has 4 rings (SSSR count). The molecule has 0 unspecified atom stereocenters. The fraction of sp³-hybridized carbons (Fsp3) is 0.190. The molecular formula is C21H20FN5S. The van der Waals surface area contributed by atoms with Gasteiger partial charge in [-0.15, -0.1) is 0 Å². The molecular weight excluding hydrogens is 373 g/mol. The molecule has 0 bridgehead atoms. The average Bonchev–Trinajstić information content (AvgIpc) is 3.19. The lowest BCUT2D eigenvalue weighted by atomic mass is 10.1. The summed E-state index contributed by atoms with van der Waals surface area (Å²) >= 11 is 5.28. The molecule has 0 atom stereocenters. The van der Waals surface area contributed by atoms with Gasteiger partial charge in [-0.2, -0.15) is 14.9 Å². The third-order valence-corrected chi connectivity index (χ3v) is 5.13. The standard InChI is InChI=1S/C21H20FN5S/c1-3-20-24-25-21(28)27(20)23-12-18-14(2)26(19-7-5-4-6-17(18)19)13-15-8-10-16(22)11-9-15/h4-12H,3,13H2,1-2H3,(H,25,28)/b23-12+. The van der Waals surface area contributed by atoms with Crippen LogP contribution < -0.4 is 0 Å². The molecule has 0 fully saturated rings. The van der Waals surface area contributed by atoms with Gasteiger partial charge in [0.2, 0.25) is 4.77 Å². The summed E-state index contributed by atoms with van der Waals surface area (Å²) in [6, 6.07) is 14.8. The van der Waals surface area contributed by atoms with Gasteiger partial charge in [-0.25, -0.2) is 4.39 Å². The van der Waals surface area contributed by atoms with E-state index in [0.717, 1.165) is 40.0 Å². The number of fused-ring (bicyclic) bond motifs is 1. The Kier molecular flexibility index (Phi) is 4.92. The minimum absolute atomic E-state index is 0.228. The van der Waals surface area contributed by atoms with E-state index in [-0.39, 0.29) is 5.82 Å². The molecule has 0 saturated heterocycles. The zero-order valence-corrected chi connectivity index (χ0v) is 16.5. The lowest BCUT2D eigenvalue weighted by molar-refractivity contribution is 0.626. The van der Waals surface area contributed by atoms with Crippen molar-refractivity contribution in [1.29, 1.82) is 0 Å². The molecule has 5 nitrogen and oxygen atoms in total. The van der Waals surface area contributed by atoms with E-state index in [1.807, 2.05) is 37.4 Å². The second kappa shape index (κ2) is 7.52. The van der Waals surface area contributed by atoms with Gasteiger partial charge < -0.3 is 4.57 Å². The highest BCUT2D eigenvalue weighted by atomic mass is 32.1. The molecule has 2 aromatic carbocycles. The van der Waals surface area contributed by atoms with E-state index < -0.39 is 0 Å². The van der Waals surface area contributed by atoms with Crippen LogP contribution in [0.4, 0.5) is 4.39 Å². The Hall–Kier alpha value is -3.06. The molecule has 0 aliphatic carbocycles. The Labute approximate surface area is 167 Å². The SMILES string of the molecule is CCc1n[nH]c(=S)n1/N=C/c1c(C)n(Cc2ccc(F)cc2)c2ccccc12. The second-order valence-electron chi connectivity index (χ2n) is 6.58. The highest BCUT2D eigenvalue weighted by Crippen LogP contribution is 2.25. The van der Waals surface area contributed by atoms with E-state index in [9.17, 15) is 4.39 Å². The summed E-state index contributed by atoms with van der Waals surface area (Å²) in [5, 5.41) is 12.7. The van der Waals surface area contributed by atoms with Crippen LogP contribution in [0.3, 0.4) is 0 Å². The number of hydrogen-bond acceptors (Lipinski definition) is 3. The highest BCUT2D eigenvalue weighted by molar-refractivity contribution is 7.71. The van der Waals surface area contributed by atoms with Crippen molar-refractivity contribution in [2.45, 2.75) is 26.8 Å². The largest absolute Gasteiger partial charge is 0.340 e. The summed E-state index contributed by atoms with van der Waals surface area (Å²) < 4.78 is 17.6. The van der Waals surface area contributed by atoms with Gasteiger partial charge in [-0.3, -0.25) is 5.10 Å². The Balaban J connectivity index is 1.80. The number of H-pyrrole nitrogens is 1. The van der Waals surface area contributed by atoms with Gasteiger partial charge in [0.15, 0.2) is 5.82 Å². The maximum atomic E-state index is 13.2. The van der Waals surface area contributed by atoms with Crippen molar-refractivity contribution in [2.24, 2.45) is 5.10 Å². The van der Waals surface area contributed by atoms with Crippen molar-refractivity contribution >= 4 is 29.3 Å². The molecule has 0 amide bonds. The number of rotatable bonds is 5. The summed E-state index contributed by atoms with van der Waals surface area (Å²) in [4.78, 5) is 0. The molecule has 0 saturated carbocycles. The first-order valence-corrected chi connectivity index (χ1v) is 9.52. The molecule has 28 heavy (non-hydrogen) atoms. The number of nitrogens with zero attached hydrogens (tertiary/aromatic N) is 4. The van der Waals surface area contributed by atoms with E-state index in [1.54, 1.807) is 4.68 Å². The quantitative estimate of drug-likeness (QED) is 0.390. The Morgan fingerprint density at radius 3 is 2.68 bits per heavy atom. The van der Waals surface area contributed by atoms with Gasteiger partial charge in [0, 0.05) is 35.1 Å². The summed E-state index contributed by atoms with van der Waals surface area (Å²) in [5.41, 5.74) is 4.27. The fourth-order valence-electron chi connectivity index (χ4n) is 3.38. The average molecular weight is 393 g/mol. The number of aryl methyl sites for hydroxylation is 1. The third kappa shape index (κ3) is 3.29. The molecule has 4 aromatic rings. The summed E-state index contributed by atoms with van der Waals surface area (Å²) in [6.45, 7) is 4.74. The number of aromatic nitrogens is 4. The number of halogens is 1. The van der Waals surface area contributed by atoms with Gasteiger partial charge in [0.1, 0.15) is 5.82 Å². The number of nitrogens with one attached hydrogen (secondary N) is 1. The minimum atomic E-state index is -0.228. The van der Waals surface area contributed by atoms with Crippen LogP contribution in [-0.2, 0) is 13.0 Å². The van der Waals surface area contributed by atoms with E-state index in [2.05, 4.69) is 38.9 Å². The molecule has 0 aliphatic rings. The number of aromatic amines is 1. The molecule has 0 aliphatic heterocycles. The zero-order chi connectivity index (χ0) is 19.7. The van der Waals surface area contributed by atoms with Crippen molar-refractivity contribution in [3.8, 4) is 0 Å². The van der Waals surface area contributed by atoms with Crippen molar-refractivity contribution < 1.29 is 4.39 Å². The van der Waals surface area contributed by atoms with E-state index in [1.165, 1.54) is 12.1 Å². The second-order valence-corrected chi connectivity index (χ2v) is 6.97. The van der Waals surface area contributed by atoms with Crippen LogP contribution in [0.1, 0.15) is 29.6 Å². The van der Waals surface area contributed by atoms with Crippen LogP contribution in [0, 0.1) is 17.5 Å². The topological polar surface area (TPSA) is 50.9 Å². The van der Waals surface area contributed by atoms with Gasteiger partial charge in [0.25, 0.3) is 0 Å². The predicted molar refractivity (Wildman–Crippen MR) is 112 cm³/mol. The molecule has 1 N–H and O–H groups in total. The predicted octanol–water partition coefficient (Wildman–Crippen LogP) is 4.84. The first-order chi connectivity index (χ1) is 13.6. The van der Waals surface area contributed by atoms with Crippen molar-refractivity contribution in [3.05, 3.63) is 81.8 Å². The Morgan fingerprint density at radius 2 is 1.93 bits per heavy atom. The summed E-state index contributed by atoms with van der Waals surface area (Å²) in [7, 11) is 0. The van der Waals surface area contributed by atoms with Gasteiger partial charge >= 0.3 is 0 Å². The van der Waals surface area contributed by atoms with Crippen molar-refractivity contribution in [2.75, 3.05) is 0 Å². The zero-order valence-electron chi connectivity index (χ0n) is 15.7. The van der Waals surface area contributed by atoms with Crippen LogP contribution in [0.5, 0.6) is 0 Å². The van der Waals surface area contributed by atoms with Crippen molar-refractivity contribution in [1.82, 2.24) is 19.4 Å². The van der Waals surface area contributed by atoms with E-state index in [0.29, 0.717) is 11.3 Å². The lowest BCUT2D eigenvalue weighted by Gasteiger charge is -2.08. The first-order valence-electron chi connectivity index (χ1n) is 9.11. The number of para-hydroxylation sites is 1. The van der Waals surface area contributed by atoms with Crippen LogP contribution in [-0.4, -0.2) is 25.7 Å². The molecule has 7 heteroatoms. The Bertz CT molecular complexity index is 1210. The highest BCUT2D eigenvalue weighted by Gasteiger charge is 2.13. The lowest BCUT2D eigenvalue weighted by Crippen LogP contribution is -2.03. The van der Waals surface area contributed by atoms with Gasteiger partial charge in [-0.1, -0.05) is 37.3 Å². The summed E-state index contributed by atoms with van der Waals surface area (Å²) in [5.74, 6) is 0.559. The molecule has 0 spiro atoms. The minimum Gasteiger partial charge on any atom is -0.340 e. The molecule has 2 aromatic heterocycles. The smallest absolute Gasteiger partial charge is 0.216 e. The van der Waals surface area contributed by atoms with Crippen LogP contribution >= 0.6 is 12.2 Å². The Morgan fingerprint density at radius 1 is 1.18 bits per heavy atom. The number of hydrogen-bond donors (Lipinski definition) is 1. The fourth-order valence-corrected chi connectivity index (χ4v) is 3.58. The normalized spacial score (nSPS) is 11.7. The van der Waals surface area contributed by atoms with Crippen molar-refractivity contribution in [3.63, 3.8) is 0 Å². The monoisotopic (exact) mass is 393 g/mol. The molecule has 2 heterocycles. The molecule has 0 radical (unpaired) electrons. The maximum Gasteiger partial charge on any atom is 0.216 e. The van der Waals surface area contributed by atoms with Crippen LogP contribution in [0.25, 0.3) is 10.9 Å². The van der Waals surface area contributed by atoms with Crippen LogP contribution in [0.2, 0.25) is 0 Å². The molecule has 142 valence electrons. The summed E-state index contributed by atoms with van der Waals surface area (Å²) in [6.07, 6.45) is 2.57.